The fourth-order valence-corrected chi connectivity index (χ4v) is 8.47. The summed E-state index contributed by atoms with van der Waals surface area (Å²) in [6.45, 7) is 4.11. The number of para-hydroxylation sites is 2. The highest BCUT2D eigenvalue weighted by Crippen LogP contribution is 2.64. The monoisotopic (exact) mass is 667 g/mol. The Balaban J connectivity index is 1.24. The van der Waals surface area contributed by atoms with Crippen LogP contribution in [0.3, 0.4) is 0 Å². The molecule has 0 radical (unpaired) electrons. The second-order valence-electron chi connectivity index (χ2n) is 13.6. The number of aryl methyl sites for hydroxylation is 2. The van der Waals surface area contributed by atoms with Crippen LogP contribution in [0.2, 0.25) is 0 Å². The van der Waals surface area contributed by atoms with Crippen molar-refractivity contribution in [1.29, 1.82) is 0 Å². The van der Waals surface area contributed by atoms with Gasteiger partial charge in [0.25, 0.3) is 0 Å². The van der Waals surface area contributed by atoms with Crippen molar-refractivity contribution in [3.05, 3.63) is 198 Å². The molecule has 0 bridgehead atoms. The van der Waals surface area contributed by atoms with Crippen LogP contribution in [-0.4, -0.2) is 15.0 Å². The molecule has 0 N–H and O–H groups in total. The average Bonchev–Trinajstić information content (AvgIpc) is 3.49. The van der Waals surface area contributed by atoms with E-state index in [1.807, 2.05) is 25.3 Å². The average molecular weight is 668 g/mol. The Kier molecular flexibility index (Phi) is 6.80. The van der Waals surface area contributed by atoms with Crippen LogP contribution in [-0.2, 0) is 5.41 Å². The molecule has 0 saturated heterocycles. The lowest BCUT2D eigenvalue weighted by molar-refractivity contribution is 0.438. The number of hydrogen-bond acceptors (Lipinski definition) is 4. The molecule has 0 amide bonds. The Morgan fingerprint density at radius 3 is 1.96 bits per heavy atom. The van der Waals surface area contributed by atoms with Crippen LogP contribution in [0.15, 0.2) is 164 Å². The van der Waals surface area contributed by atoms with Crippen molar-refractivity contribution in [3.8, 4) is 67.5 Å². The van der Waals surface area contributed by atoms with Crippen molar-refractivity contribution in [1.82, 2.24) is 15.0 Å². The van der Waals surface area contributed by atoms with E-state index in [4.69, 9.17) is 14.7 Å². The van der Waals surface area contributed by atoms with Gasteiger partial charge in [0, 0.05) is 51.0 Å². The van der Waals surface area contributed by atoms with Crippen LogP contribution in [0.25, 0.3) is 56.0 Å². The van der Waals surface area contributed by atoms with Gasteiger partial charge in [-0.05, 0) is 71.5 Å². The number of benzene rings is 6. The van der Waals surface area contributed by atoms with Crippen molar-refractivity contribution >= 4 is 0 Å². The highest BCUT2D eigenvalue weighted by atomic mass is 16.5. The Morgan fingerprint density at radius 1 is 0.481 bits per heavy atom. The molecule has 6 aromatic carbocycles. The van der Waals surface area contributed by atoms with Gasteiger partial charge >= 0.3 is 0 Å². The molecular weight excluding hydrogens is 635 g/mol. The predicted octanol–water partition coefficient (Wildman–Crippen LogP) is 11.6. The van der Waals surface area contributed by atoms with E-state index in [0.29, 0.717) is 0 Å². The number of pyridine rings is 1. The molecule has 1 aliphatic carbocycles. The lowest BCUT2D eigenvalue weighted by Gasteiger charge is -2.40. The molecule has 4 heteroatoms. The van der Waals surface area contributed by atoms with E-state index in [1.165, 1.54) is 16.7 Å². The molecule has 1 spiro atoms. The van der Waals surface area contributed by atoms with Gasteiger partial charge in [-0.1, -0.05) is 133 Å². The number of aromatic nitrogens is 3. The lowest BCUT2D eigenvalue weighted by Crippen LogP contribution is -2.32. The normalized spacial score (nSPS) is 15.0. The molecule has 1 atom stereocenters. The van der Waals surface area contributed by atoms with Gasteiger partial charge in [0.05, 0.1) is 11.1 Å². The summed E-state index contributed by atoms with van der Waals surface area (Å²) in [5, 5.41) is 0. The summed E-state index contributed by atoms with van der Waals surface area (Å²) in [4.78, 5) is 14.8. The van der Waals surface area contributed by atoms with Gasteiger partial charge in [0.15, 0.2) is 5.82 Å². The largest absolute Gasteiger partial charge is 0.456 e. The molecule has 8 aromatic rings. The van der Waals surface area contributed by atoms with E-state index in [2.05, 4.69) is 158 Å². The minimum atomic E-state index is -0.633. The standard InChI is InChI=1S/C48H33N3O/c1-30-28-43(32-14-4-3-5-15-32)51-47(50-30)38-20-12-24-41-45(38)37-18-6-7-22-39(37)48(41)40-23-8-9-26-44(40)52-46-36(19-11-25-42(46)48)34-17-10-16-33(29-34)35-21-13-27-49-31(35)2/h3-29H,1-2H3. The summed E-state index contributed by atoms with van der Waals surface area (Å²) < 4.78 is 7.01. The number of rotatable bonds is 4. The molecule has 1 unspecified atom stereocenters. The third-order valence-corrected chi connectivity index (χ3v) is 10.6. The van der Waals surface area contributed by atoms with E-state index >= 15 is 0 Å². The van der Waals surface area contributed by atoms with E-state index in [0.717, 1.165) is 84.5 Å². The quantitative estimate of drug-likeness (QED) is 0.187. The summed E-state index contributed by atoms with van der Waals surface area (Å²) in [6.07, 6.45) is 1.84. The first-order valence-electron chi connectivity index (χ1n) is 17.7. The number of hydrogen-bond donors (Lipinski definition) is 0. The molecule has 0 saturated carbocycles. The highest BCUT2D eigenvalue weighted by molar-refractivity contribution is 5.96. The van der Waals surface area contributed by atoms with Gasteiger partial charge in [0.2, 0.25) is 0 Å². The van der Waals surface area contributed by atoms with E-state index in [-0.39, 0.29) is 0 Å². The fourth-order valence-electron chi connectivity index (χ4n) is 8.47. The number of nitrogens with zero attached hydrogens (tertiary/aromatic N) is 3. The smallest absolute Gasteiger partial charge is 0.160 e. The first-order valence-corrected chi connectivity index (χ1v) is 17.7. The van der Waals surface area contributed by atoms with Gasteiger partial charge in [-0.2, -0.15) is 0 Å². The molecule has 2 aromatic heterocycles. The summed E-state index contributed by atoms with van der Waals surface area (Å²) in [5.41, 5.74) is 15.7. The van der Waals surface area contributed by atoms with Crippen LogP contribution >= 0.6 is 0 Å². The summed E-state index contributed by atoms with van der Waals surface area (Å²) in [6, 6.07) is 55.8. The summed E-state index contributed by atoms with van der Waals surface area (Å²) >= 11 is 0. The maximum atomic E-state index is 7.01. The van der Waals surface area contributed by atoms with Crippen molar-refractivity contribution in [2.24, 2.45) is 0 Å². The minimum absolute atomic E-state index is 0.633. The Bertz CT molecular complexity index is 2700. The second-order valence-corrected chi connectivity index (χ2v) is 13.6. The number of fused-ring (bicyclic) bond motifs is 9. The number of ether oxygens (including phenoxy) is 1. The molecule has 0 fully saturated rings. The van der Waals surface area contributed by atoms with E-state index in [1.54, 1.807) is 0 Å². The lowest BCUT2D eigenvalue weighted by atomic mass is 9.65. The van der Waals surface area contributed by atoms with Crippen LogP contribution < -0.4 is 4.74 Å². The van der Waals surface area contributed by atoms with Gasteiger partial charge in [0.1, 0.15) is 11.5 Å². The van der Waals surface area contributed by atoms with Gasteiger partial charge in [-0.3, -0.25) is 4.98 Å². The SMILES string of the molecule is Cc1cc(-c2ccccc2)nc(-c2cccc3c2-c2ccccc2C32c3ccccc3Oc3c(-c4cccc(-c5cccnc5C)c4)cccc32)n1. The van der Waals surface area contributed by atoms with Crippen LogP contribution in [0, 0.1) is 13.8 Å². The van der Waals surface area contributed by atoms with Crippen molar-refractivity contribution in [2.75, 3.05) is 0 Å². The predicted molar refractivity (Wildman–Crippen MR) is 208 cm³/mol. The molecule has 246 valence electrons. The first kappa shape index (κ1) is 30.2. The molecule has 4 nitrogen and oxygen atoms in total. The molecule has 1 aliphatic heterocycles. The van der Waals surface area contributed by atoms with Crippen LogP contribution in [0.4, 0.5) is 0 Å². The van der Waals surface area contributed by atoms with Gasteiger partial charge in [-0.25, -0.2) is 9.97 Å². The second kappa shape index (κ2) is 11.7. The molecule has 2 aliphatic rings. The van der Waals surface area contributed by atoms with E-state index in [9.17, 15) is 0 Å². The van der Waals surface area contributed by atoms with Crippen LogP contribution in [0.5, 0.6) is 11.5 Å². The Hall–Kier alpha value is -6.65. The molecule has 10 rings (SSSR count). The summed E-state index contributed by atoms with van der Waals surface area (Å²) in [7, 11) is 0. The first-order chi connectivity index (χ1) is 25.6. The topological polar surface area (TPSA) is 47.9 Å². The molecular formula is C48H33N3O. The molecule has 52 heavy (non-hydrogen) atoms. The molecule has 3 heterocycles. The third kappa shape index (κ3) is 4.44. The zero-order valence-corrected chi connectivity index (χ0v) is 28.8. The maximum absolute atomic E-state index is 7.01. The van der Waals surface area contributed by atoms with E-state index < -0.39 is 5.41 Å². The zero-order chi connectivity index (χ0) is 34.8. The van der Waals surface area contributed by atoms with Crippen molar-refractivity contribution < 1.29 is 4.74 Å². The maximum Gasteiger partial charge on any atom is 0.160 e. The Morgan fingerprint density at radius 2 is 1.12 bits per heavy atom. The Labute approximate surface area is 303 Å². The summed E-state index contributed by atoms with van der Waals surface area (Å²) in [5.74, 6) is 2.44. The minimum Gasteiger partial charge on any atom is -0.456 e. The van der Waals surface area contributed by atoms with Crippen molar-refractivity contribution in [3.63, 3.8) is 0 Å². The van der Waals surface area contributed by atoms with Gasteiger partial charge < -0.3 is 4.74 Å². The van der Waals surface area contributed by atoms with Crippen molar-refractivity contribution in [2.45, 2.75) is 19.3 Å². The third-order valence-electron chi connectivity index (χ3n) is 10.6. The zero-order valence-electron chi connectivity index (χ0n) is 28.8. The highest BCUT2D eigenvalue weighted by Gasteiger charge is 2.52. The van der Waals surface area contributed by atoms with Gasteiger partial charge in [-0.15, -0.1) is 0 Å². The fraction of sp³-hybridized carbons (Fsp3) is 0.0625. The van der Waals surface area contributed by atoms with Crippen LogP contribution in [0.1, 0.15) is 33.6 Å².